The zero-order valence-corrected chi connectivity index (χ0v) is 17.8. The second kappa shape index (κ2) is 8.89. The lowest BCUT2D eigenvalue weighted by atomic mass is 10.1. The molecule has 8 heteroatoms. The van der Waals surface area contributed by atoms with E-state index >= 15 is 0 Å². The van der Waals surface area contributed by atoms with Crippen LogP contribution in [0.3, 0.4) is 0 Å². The number of rotatable bonds is 7. The smallest absolute Gasteiger partial charge is 0.166 e. The molecule has 0 atom stereocenters. The van der Waals surface area contributed by atoms with Gasteiger partial charge in [0.05, 0.1) is 13.2 Å². The molecule has 0 saturated carbocycles. The van der Waals surface area contributed by atoms with Crippen LogP contribution in [0.5, 0.6) is 0 Å². The Morgan fingerprint density at radius 1 is 1.23 bits per heavy atom. The molecule has 1 aliphatic heterocycles. The molecule has 3 aromatic rings. The molecule has 2 aromatic heterocycles. The molecule has 0 unspecified atom stereocenters. The number of aromatic nitrogens is 4. The fraction of sp³-hybridized carbons (Fsp3) is 0.455. The van der Waals surface area contributed by atoms with Crippen LogP contribution in [-0.2, 0) is 4.74 Å². The standard InChI is InChI=1S/C22H28N6O2/c1-15(2)28-21(18-6-4-5-17(13-18)16(3)29)26-19-20(24-14-25-22(19)28)23-7-8-27-9-11-30-12-10-27/h4-6,13-15H,7-12H2,1-3H3,(H,23,24,25). The van der Waals surface area contributed by atoms with Gasteiger partial charge in [-0.3, -0.25) is 9.69 Å². The van der Waals surface area contributed by atoms with Crippen LogP contribution >= 0.6 is 0 Å². The lowest BCUT2D eigenvalue weighted by Gasteiger charge is -2.26. The summed E-state index contributed by atoms with van der Waals surface area (Å²) in [6.07, 6.45) is 1.58. The van der Waals surface area contributed by atoms with Crippen molar-refractivity contribution in [2.24, 2.45) is 0 Å². The number of carbonyl (C=O) groups is 1. The highest BCUT2D eigenvalue weighted by molar-refractivity contribution is 5.95. The summed E-state index contributed by atoms with van der Waals surface area (Å²) in [5, 5.41) is 3.43. The van der Waals surface area contributed by atoms with Crippen molar-refractivity contribution in [3.8, 4) is 11.4 Å². The number of ether oxygens (including phenoxy) is 1. The summed E-state index contributed by atoms with van der Waals surface area (Å²) in [6.45, 7) is 11.0. The molecule has 1 N–H and O–H groups in total. The quantitative estimate of drug-likeness (QED) is 0.602. The second-order valence-corrected chi connectivity index (χ2v) is 7.81. The molecule has 30 heavy (non-hydrogen) atoms. The van der Waals surface area contributed by atoms with E-state index in [-0.39, 0.29) is 11.8 Å². The Balaban J connectivity index is 1.66. The van der Waals surface area contributed by atoms with E-state index in [1.54, 1.807) is 13.3 Å². The molecule has 1 fully saturated rings. The SMILES string of the molecule is CC(=O)c1cccc(-c2nc3c(NCCN4CCOCC4)ncnc3n2C(C)C)c1. The second-order valence-electron chi connectivity index (χ2n) is 7.81. The highest BCUT2D eigenvalue weighted by atomic mass is 16.5. The van der Waals surface area contributed by atoms with Crippen molar-refractivity contribution in [1.29, 1.82) is 0 Å². The lowest BCUT2D eigenvalue weighted by Crippen LogP contribution is -2.39. The number of benzene rings is 1. The number of anilines is 1. The van der Waals surface area contributed by atoms with Crippen LogP contribution in [-0.4, -0.2) is 69.6 Å². The van der Waals surface area contributed by atoms with Crippen LogP contribution in [0.4, 0.5) is 5.82 Å². The van der Waals surface area contributed by atoms with Gasteiger partial charge in [0.25, 0.3) is 0 Å². The van der Waals surface area contributed by atoms with Crippen molar-refractivity contribution in [1.82, 2.24) is 24.4 Å². The summed E-state index contributed by atoms with van der Waals surface area (Å²) in [5.41, 5.74) is 3.10. The number of hydrogen-bond donors (Lipinski definition) is 1. The van der Waals surface area contributed by atoms with Crippen LogP contribution in [0, 0.1) is 0 Å². The van der Waals surface area contributed by atoms with Crippen LogP contribution in [0.25, 0.3) is 22.6 Å². The first-order valence-electron chi connectivity index (χ1n) is 10.4. The predicted octanol–water partition coefficient (Wildman–Crippen LogP) is 3.02. The van der Waals surface area contributed by atoms with Gasteiger partial charge in [0.1, 0.15) is 12.2 Å². The maximum atomic E-state index is 11.9. The van der Waals surface area contributed by atoms with Gasteiger partial charge in [-0.2, -0.15) is 0 Å². The number of carbonyl (C=O) groups excluding carboxylic acids is 1. The Morgan fingerprint density at radius 2 is 2.03 bits per heavy atom. The molecular formula is C22H28N6O2. The molecule has 4 rings (SSSR count). The number of Topliss-reactive ketones (excluding diaryl/α,β-unsaturated/α-hetero) is 1. The summed E-state index contributed by atoms with van der Waals surface area (Å²) in [6, 6.07) is 7.74. The predicted molar refractivity (Wildman–Crippen MR) is 117 cm³/mol. The minimum absolute atomic E-state index is 0.0364. The first kappa shape index (κ1) is 20.4. The van der Waals surface area contributed by atoms with Gasteiger partial charge in [0, 0.05) is 43.3 Å². The Morgan fingerprint density at radius 3 is 2.77 bits per heavy atom. The van der Waals surface area contributed by atoms with E-state index in [2.05, 4.69) is 38.6 Å². The van der Waals surface area contributed by atoms with E-state index < -0.39 is 0 Å². The van der Waals surface area contributed by atoms with E-state index in [9.17, 15) is 4.79 Å². The Bertz CT molecular complexity index is 1040. The lowest BCUT2D eigenvalue weighted by molar-refractivity contribution is 0.0398. The first-order chi connectivity index (χ1) is 14.5. The topological polar surface area (TPSA) is 85.2 Å². The summed E-state index contributed by atoms with van der Waals surface area (Å²) >= 11 is 0. The summed E-state index contributed by atoms with van der Waals surface area (Å²) in [4.78, 5) is 28.1. The first-order valence-corrected chi connectivity index (χ1v) is 10.4. The zero-order chi connectivity index (χ0) is 21.1. The van der Waals surface area contributed by atoms with Gasteiger partial charge in [-0.15, -0.1) is 0 Å². The van der Waals surface area contributed by atoms with Gasteiger partial charge >= 0.3 is 0 Å². The van der Waals surface area contributed by atoms with Gasteiger partial charge < -0.3 is 14.6 Å². The number of imidazole rings is 1. The third kappa shape index (κ3) is 4.20. The van der Waals surface area contributed by atoms with E-state index in [0.717, 1.165) is 67.8 Å². The van der Waals surface area contributed by atoms with Gasteiger partial charge in [0.15, 0.2) is 22.8 Å². The van der Waals surface area contributed by atoms with Crippen LogP contribution < -0.4 is 5.32 Å². The van der Waals surface area contributed by atoms with Gasteiger partial charge in [0.2, 0.25) is 0 Å². The third-order valence-electron chi connectivity index (χ3n) is 5.34. The molecule has 1 aromatic carbocycles. The highest BCUT2D eigenvalue weighted by Gasteiger charge is 2.20. The van der Waals surface area contributed by atoms with E-state index in [0.29, 0.717) is 5.56 Å². The van der Waals surface area contributed by atoms with Crippen LogP contribution in [0.1, 0.15) is 37.2 Å². The summed E-state index contributed by atoms with van der Waals surface area (Å²) in [7, 11) is 0. The molecule has 158 valence electrons. The maximum absolute atomic E-state index is 11.9. The molecular weight excluding hydrogens is 380 g/mol. The number of fused-ring (bicyclic) bond motifs is 1. The molecule has 1 saturated heterocycles. The summed E-state index contributed by atoms with van der Waals surface area (Å²) in [5.74, 6) is 1.56. The minimum atomic E-state index is 0.0364. The van der Waals surface area contributed by atoms with Crippen molar-refractivity contribution < 1.29 is 9.53 Å². The van der Waals surface area contributed by atoms with Crippen molar-refractivity contribution in [2.75, 3.05) is 44.7 Å². The Labute approximate surface area is 176 Å². The average molecular weight is 409 g/mol. The number of ketones is 1. The van der Waals surface area contributed by atoms with Gasteiger partial charge in [-0.05, 0) is 26.8 Å². The molecule has 0 aliphatic carbocycles. The highest BCUT2D eigenvalue weighted by Crippen LogP contribution is 2.30. The fourth-order valence-corrected chi connectivity index (χ4v) is 3.77. The maximum Gasteiger partial charge on any atom is 0.166 e. The molecule has 8 nitrogen and oxygen atoms in total. The normalized spacial score (nSPS) is 15.1. The van der Waals surface area contributed by atoms with E-state index in [4.69, 9.17) is 9.72 Å². The Kier molecular flexibility index (Phi) is 6.06. The molecule has 0 bridgehead atoms. The zero-order valence-electron chi connectivity index (χ0n) is 17.8. The third-order valence-corrected chi connectivity index (χ3v) is 5.34. The van der Waals surface area contributed by atoms with Crippen molar-refractivity contribution >= 4 is 22.8 Å². The number of morpholine rings is 1. The summed E-state index contributed by atoms with van der Waals surface area (Å²) < 4.78 is 7.51. The van der Waals surface area contributed by atoms with Crippen molar-refractivity contribution in [3.05, 3.63) is 36.2 Å². The van der Waals surface area contributed by atoms with Crippen LogP contribution in [0.15, 0.2) is 30.6 Å². The average Bonchev–Trinajstić information content (AvgIpc) is 3.15. The van der Waals surface area contributed by atoms with E-state index in [1.807, 2.05) is 24.3 Å². The van der Waals surface area contributed by atoms with E-state index in [1.165, 1.54) is 0 Å². The largest absolute Gasteiger partial charge is 0.379 e. The molecule has 1 aliphatic rings. The molecule has 0 radical (unpaired) electrons. The number of hydrogen-bond acceptors (Lipinski definition) is 7. The minimum Gasteiger partial charge on any atom is -0.379 e. The van der Waals surface area contributed by atoms with Crippen molar-refractivity contribution in [2.45, 2.75) is 26.8 Å². The molecule has 3 heterocycles. The van der Waals surface area contributed by atoms with Crippen molar-refractivity contribution in [3.63, 3.8) is 0 Å². The van der Waals surface area contributed by atoms with Gasteiger partial charge in [-0.25, -0.2) is 15.0 Å². The number of nitrogens with zero attached hydrogens (tertiary/aromatic N) is 5. The number of nitrogens with one attached hydrogen (secondary N) is 1. The molecule has 0 amide bonds. The molecule has 0 spiro atoms. The van der Waals surface area contributed by atoms with Crippen LogP contribution in [0.2, 0.25) is 0 Å². The Hall–Kier alpha value is -2.84. The van der Waals surface area contributed by atoms with Gasteiger partial charge in [-0.1, -0.05) is 18.2 Å². The fourth-order valence-electron chi connectivity index (χ4n) is 3.77. The monoisotopic (exact) mass is 408 g/mol.